The molecule has 36 heavy (non-hydrogen) atoms. The molecule has 0 aliphatic heterocycles. The molecule has 3 rings (SSSR count). The fraction of sp³-hybridized carbons (Fsp3) is 0.630. The lowest BCUT2D eigenvalue weighted by Gasteiger charge is -2.35. The molecule has 0 saturated heterocycles. The van der Waals surface area contributed by atoms with Crippen LogP contribution >= 0.6 is 11.6 Å². The van der Waals surface area contributed by atoms with Gasteiger partial charge in [-0.2, -0.15) is 0 Å². The van der Waals surface area contributed by atoms with Crippen LogP contribution in [-0.2, 0) is 4.79 Å². The quantitative estimate of drug-likeness (QED) is 0.271. The highest BCUT2D eigenvalue weighted by Gasteiger charge is 2.39. The number of hydrogen-bond donors (Lipinski definition) is 3. The fourth-order valence-corrected chi connectivity index (χ4v) is 5.07. The number of hydrogen-bond acceptors (Lipinski definition) is 5. The number of aliphatic hydroxyl groups is 2. The van der Waals surface area contributed by atoms with Crippen molar-refractivity contribution in [2.75, 3.05) is 5.32 Å². The molecule has 1 atom stereocenters. The van der Waals surface area contributed by atoms with Gasteiger partial charge in [-0.05, 0) is 74.5 Å². The van der Waals surface area contributed by atoms with Gasteiger partial charge in [0.05, 0.1) is 22.0 Å². The van der Waals surface area contributed by atoms with Gasteiger partial charge in [0.1, 0.15) is 5.76 Å². The lowest BCUT2D eigenvalue weighted by atomic mass is 9.69. The van der Waals surface area contributed by atoms with E-state index in [1.807, 2.05) is 6.92 Å². The number of carbonyl (C=O) groups excluding carboxylic acids is 1. The van der Waals surface area contributed by atoms with Gasteiger partial charge in [-0.3, -0.25) is 4.79 Å². The normalized spacial score (nSPS) is 19.0. The van der Waals surface area contributed by atoms with E-state index in [1.54, 1.807) is 18.2 Å². The first kappa shape index (κ1) is 28.5. The van der Waals surface area contributed by atoms with Crippen LogP contribution in [0.15, 0.2) is 22.7 Å². The van der Waals surface area contributed by atoms with Crippen molar-refractivity contribution in [1.82, 2.24) is 5.16 Å². The summed E-state index contributed by atoms with van der Waals surface area (Å²) >= 11 is 6.21. The van der Waals surface area contributed by atoms with E-state index >= 15 is 0 Å². The van der Waals surface area contributed by atoms with Crippen LogP contribution in [-0.4, -0.2) is 27.6 Å². The number of amides is 1. The van der Waals surface area contributed by atoms with Crippen LogP contribution in [0.5, 0.6) is 0 Å². The summed E-state index contributed by atoms with van der Waals surface area (Å²) in [5, 5.41) is 25.8. The number of nitrogens with one attached hydrogen (secondary N) is 1. The Morgan fingerprint density at radius 1 is 1.25 bits per heavy atom. The Hall–Kier alpha value is -2.03. The number of aryl methyl sites for hydroxylation is 1. The monoisotopic (exact) mass is 526 g/mol. The van der Waals surface area contributed by atoms with Gasteiger partial charge in [-0.1, -0.05) is 43.6 Å². The van der Waals surface area contributed by atoms with Crippen LogP contribution in [0.4, 0.5) is 14.5 Å². The molecule has 0 spiro atoms. The molecule has 1 aliphatic rings. The molecule has 1 aliphatic carbocycles. The maximum absolute atomic E-state index is 14.3. The van der Waals surface area contributed by atoms with Gasteiger partial charge >= 0.3 is 0 Å². The summed E-state index contributed by atoms with van der Waals surface area (Å²) in [7, 11) is 0. The smallest absolute Gasteiger partial charge is 0.269 e. The molecule has 1 aromatic heterocycles. The Bertz CT molecular complexity index is 1030. The number of nitrogens with zero attached hydrogens (tertiary/aromatic N) is 1. The minimum absolute atomic E-state index is 0.0175. The molecule has 1 fully saturated rings. The van der Waals surface area contributed by atoms with Crippen LogP contribution in [0.3, 0.4) is 0 Å². The summed E-state index contributed by atoms with van der Waals surface area (Å²) in [6, 6.07) is 5.18. The first-order chi connectivity index (χ1) is 16.8. The molecule has 1 aromatic carbocycles. The topological polar surface area (TPSA) is 95.6 Å². The highest BCUT2D eigenvalue weighted by molar-refractivity contribution is 6.33. The van der Waals surface area contributed by atoms with Gasteiger partial charge < -0.3 is 20.1 Å². The second-order valence-corrected chi connectivity index (χ2v) is 11.7. The van der Waals surface area contributed by atoms with E-state index in [1.165, 1.54) is 0 Å². The Morgan fingerprint density at radius 3 is 2.53 bits per heavy atom. The van der Waals surface area contributed by atoms with Gasteiger partial charge in [0, 0.05) is 18.3 Å². The van der Waals surface area contributed by atoms with Crippen LogP contribution in [0.25, 0.3) is 0 Å². The van der Waals surface area contributed by atoms with Crippen LogP contribution in [0, 0.1) is 18.3 Å². The van der Waals surface area contributed by atoms with Crippen molar-refractivity contribution >= 4 is 23.2 Å². The summed E-state index contributed by atoms with van der Waals surface area (Å²) in [6.07, 6.45) is -0.966. The third-order valence-electron chi connectivity index (χ3n) is 6.90. The van der Waals surface area contributed by atoms with Crippen molar-refractivity contribution in [1.29, 1.82) is 0 Å². The first-order valence-electron chi connectivity index (χ1n) is 12.5. The molecule has 3 N–H and O–H groups in total. The number of benzene rings is 1. The molecule has 200 valence electrons. The van der Waals surface area contributed by atoms with Gasteiger partial charge in [0.2, 0.25) is 5.91 Å². The van der Waals surface area contributed by atoms with Crippen molar-refractivity contribution in [3.8, 4) is 0 Å². The largest absolute Gasteiger partial charge is 0.368 e. The molecule has 9 heteroatoms. The van der Waals surface area contributed by atoms with E-state index in [2.05, 4.69) is 31.2 Å². The Balaban J connectivity index is 1.76. The van der Waals surface area contributed by atoms with E-state index < -0.39 is 24.5 Å². The minimum Gasteiger partial charge on any atom is -0.368 e. The van der Waals surface area contributed by atoms with Gasteiger partial charge in [-0.15, -0.1) is 0 Å². The average molecular weight is 527 g/mol. The summed E-state index contributed by atoms with van der Waals surface area (Å²) < 4.78 is 34.0. The molecule has 1 amide bonds. The predicted molar refractivity (Wildman–Crippen MR) is 135 cm³/mol. The average Bonchev–Trinajstić information content (AvgIpc) is 3.16. The first-order valence-corrected chi connectivity index (χ1v) is 12.9. The van der Waals surface area contributed by atoms with Gasteiger partial charge in [0.25, 0.3) is 6.43 Å². The Labute approximate surface area is 216 Å². The molecule has 0 radical (unpaired) electrons. The van der Waals surface area contributed by atoms with Gasteiger partial charge in [-0.25, -0.2) is 8.78 Å². The predicted octanol–water partition coefficient (Wildman–Crippen LogP) is 7.10. The number of alkyl halides is 2. The fourth-order valence-electron chi connectivity index (χ4n) is 4.79. The number of aliphatic hydroxyl groups excluding tert-OH is 1. The second-order valence-electron chi connectivity index (χ2n) is 11.3. The summed E-state index contributed by atoms with van der Waals surface area (Å²) in [4.78, 5) is 12.8. The standard InChI is InChI=1S/C27H37ClF2N2O4/c1-15-5-7-20(19(28)11-15)31-21(33)14-17(6-8-22(34)35)24-23(26(29)30)25(36-32-24)18-12-16(13-18)9-10-27(2,3)4/h5,7,11,16-18,22,26,34-35H,6,8-10,12-14H2,1-4H3,(H,31,33). The van der Waals surface area contributed by atoms with E-state index in [0.717, 1.165) is 31.2 Å². The molecule has 1 saturated carbocycles. The Morgan fingerprint density at radius 2 is 1.94 bits per heavy atom. The molecule has 1 heterocycles. The number of carbonyl (C=O) groups is 1. The molecular weight excluding hydrogens is 490 g/mol. The zero-order valence-electron chi connectivity index (χ0n) is 21.4. The zero-order chi connectivity index (χ0) is 26.6. The lowest BCUT2D eigenvalue weighted by molar-refractivity contribution is -0.116. The number of rotatable bonds is 11. The maximum Gasteiger partial charge on any atom is 0.269 e. The van der Waals surface area contributed by atoms with E-state index in [-0.39, 0.29) is 47.6 Å². The van der Waals surface area contributed by atoms with Crippen molar-refractivity contribution in [3.05, 3.63) is 45.8 Å². The van der Waals surface area contributed by atoms with Crippen LogP contribution < -0.4 is 5.32 Å². The third kappa shape index (κ3) is 7.73. The molecule has 6 nitrogen and oxygen atoms in total. The van der Waals surface area contributed by atoms with E-state index in [9.17, 15) is 23.8 Å². The highest BCUT2D eigenvalue weighted by atomic mass is 35.5. The molecule has 0 bridgehead atoms. The van der Waals surface area contributed by atoms with Crippen molar-refractivity contribution < 1.29 is 28.3 Å². The maximum atomic E-state index is 14.3. The van der Waals surface area contributed by atoms with E-state index in [0.29, 0.717) is 16.6 Å². The summed E-state index contributed by atoms with van der Waals surface area (Å²) in [5.41, 5.74) is 1.34. The Kier molecular flexibility index (Phi) is 9.52. The summed E-state index contributed by atoms with van der Waals surface area (Å²) in [5.74, 6) is -0.658. The second kappa shape index (κ2) is 12.0. The minimum atomic E-state index is -2.81. The summed E-state index contributed by atoms with van der Waals surface area (Å²) in [6.45, 7) is 8.43. The molecular formula is C27H37ClF2N2O4. The van der Waals surface area contributed by atoms with Crippen molar-refractivity contribution in [3.63, 3.8) is 0 Å². The third-order valence-corrected chi connectivity index (χ3v) is 7.21. The van der Waals surface area contributed by atoms with Crippen molar-refractivity contribution in [2.24, 2.45) is 11.3 Å². The van der Waals surface area contributed by atoms with E-state index in [4.69, 9.17) is 16.1 Å². The highest BCUT2D eigenvalue weighted by Crippen LogP contribution is 2.49. The SMILES string of the molecule is Cc1ccc(NC(=O)CC(CCC(O)O)c2noc(C3CC(CCC(C)(C)C)C3)c2C(F)F)c(Cl)c1. The number of aromatic nitrogens is 1. The number of anilines is 1. The molecule has 2 aromatic rings. The molecule has 1 unspecified atom stereocenters. The lowest BCUT2D eigenvalue weighted by Crippen LogP contribution is -2.24. The zero-order valence-corrected chi connectivity index (χ0v) is 22.1. The van der Waals surface area contributed by atoms with Crippen molar-refractivity contribution in [2.45, 2.75) is 97.2 Å². The van der Waals surface area contributed by atoms with Crippen LogP contribution in [0.1, 0.15) is 107 Å². The van der Waals surface area contributed by atoms with Crippen LogP contribution in [0.2, 0.25) is 5.02 Å². The van der Waals surface area contributed by atoms with Gasteiger partial charge in [0.15, 0.2) is 6.29 Å². The number of halogens is 3.